The van der Waals surface area contributed by atoms with Gasteiger partial charge in [0.15, 0.2) is 0 Å². The molecule has 2 saturated heterocycles. The van der Waals surface area contributed by atoms with Crippen LogP contribution < -0.4 is 19.3 Å². The fourth-order valence-corrected chi connectivity index (χ4v) is 6.63. The monoisotopic (exact) mass is 506 g/mol. The number of carbonyl (C=O) groups is 1. The van der Waals surface area contributed by atoms with Crippen molar-refractivity contribution in [2.24, 2.45) is 0 Å². The van der Waals surface area contributed by atoms with E-state index in [4.69, 9.17) is 9.47 Å². The molecule has 37 heavy (non-hydrogen) atoms. The molecule has 1 amide bonds. The molecule has 2 aromatic rings. The van der Waals surface area contributed by atoms with Crippen LogP contribution in [0.2, 0.25) is 0 Å². The largest absolute Gasteiger partial charge is 0.497 e. The third-order valence-electron chi connectivity index (χ3n) is 8.72. The zero-order valence-corrected chi connectivity index (χ0v) is 23.6. The molecule has 3 aliphatic rings. The summed E-state index contributed by atoms with van der Waals surface area (Å²) in [5, 5.41) is 0. The lowest BCUT2D eigenvalue weighted by Gasteiger charge is -2.42. The van der Waals surface area contributed by atoms with E-state index in [2.05, 4.69) is 61.5 Å². The Labute approximate surface area is 221 Å². The van der Waals surface area contributed by atoms with Crippen LogP contribution in [0.3, 0.4) is 0 Å². The van der Waals surface area contributed by atoms with Crippen LogP contribution in [-0.2, 0) is 4.79 Å². The Hall–Kier alpha value is -2.93. The second-order valence-electron chi connectivity index (χ2n) is 11.3. The summed E-state index contributed by atoms with van der Waals surface area (Å²) < 4.78 is 12.0. The van der Waals surface area contributed by atoms with Crippen molar-refractivity contribution in [2.75, 3.05) is 69.3 Å². The summed E-state index contributed by atoms with van der Waals surface area (Å²) in [7, 11) is 1.71. The van der Waals surface area contributed by atoms with Gasteiger partial charge in [-0.1, -0.05) is 0 Å². The highest BCUT2D eigenvalue weighted by Gasteiger charge is 2.48. The number of piperazine rings is 2. The van der Waals surface area contributed by atoms with Gasteiger partial charge in [-0.2, -0.15) is 0 Å². The van der Waals surface area contributed by atoms with E-state index >= 15 is 0 Å². The third kappa shape index (κ3) is 4.52. The molecule has 2 aromatic carbocycles. The van der Waals surface area contributed by atoms with Gasteiger partial charge in [-0.25, -0.2) is 0 Å². The fraction of sp³-hybridized carbons (Fsp3) is 0.567. The Kier molecular flexibility index (Phi) is 6.77. The van der Waals surface area contributed by atoms with Crippen LogP contribution in [0.5, 0.6) is 11.5 Å². The number of carbonyl (C=O) groups excluding carboxylic acids is 1. The molecule has 0 saturated carbocycles. The number of ether oxygens (including phenoxy) is 2. The Balaban J connectivity index is 1.42. The van der Waals surface area contributed by atoms with Gasteiger partial charge in [0.2, 0.25) is 5.91 Å². The molecule has 0 aromatic heterocycles. The Morgan fingerprint density at radius 3 is 2.03 bits per heavy atom. The van der Waals surface area contributed by atoms with Crippen LogP contribution in [0.4, 0.5) is 11.4 Å². The molecule has 0 aliphatic carbocycles. The molecule has 200 valence electrons. The zero-order chi connectivity index (χ0) is 26.5. The van der Waals surface area contributed by atoms with Crippen LogP contribution in [0.25, 0.3) is 0 Å². The number of rotatable bonds is 4. The van der Waals surface area contributed by atoms with Gasteiger partial charge in [0.1, 0.15) is 17.1 Å². The highest BCUT2D eigenvalue weighted by molar-refractivity contribution is 5.73. The molecule has 2 fully saturated rings. The molecule has 1 atom stereocenters. The molecule has 7 heteroatoms. The van der Waals surface area contributed by atoms with E-state index in [1.165, 1.54) is 33.6 Å². The summed E-state index contributed by atoms with van der Waals surface area (Å²) in [6.45, 7) is 20.1. The smallest absolute Gasteiger partial charge is 0.219 e. The van der Waals surface area contributed by atoms with Crippen LogP contribution >= 0.6 is 0 Å². The quantitative estimate of drug-likeness (QED) is 0.616. The molecule has 3 heterocycles. The summed E-state index contributed by atoms with van der Waals surface area (Å²) in [4.78, 5) is 21.5. The van der Waals surface area contributed by atoms with Gasteiger partial charge < -0.3 is 24.2 Å². The number of hydrogen-bond acceptors (Lipinski definition) is 6. The highest BCUT2D eigenvalue weighted by atomic mass is 16.5. The van der Waals surface area contributed by atoms with Gasteiger partial charge in [-0.15, -0.1) is 0 Å². The molecule has 0 bridgehead atoms. The van der Waals surface area contributed by atoms with Gasteiger partial charge >= 0.3 is 0 Å². The number of nitrogens with zero attached hydrogens (tertiary/aromatic N) is 4. The van der Waals surface area contributed by atoms with Crippen molar-refractivity contribution in [2.45, 2.75) is 53.2 Å². The van der Waals surface area contributed by atoms with Crippen LogP contribution in [0.15, 0.2) is 24.3 Å². The lowest BCUT2D eigenvalue weighted by atomic mass is 9.86. The average molecular weight is 507 g/mol. The number of anilines is 2. The molecule has 7 nitrogen and oxygen atoms in total. The van der Waals surface area contributed by atoms with Crippen LogP contribution in [0.1, 0.15) is 49.1 Å². The SMILES string of the molecule is COc1ccc(N2CCN(c3c(C)c(C)c4c(c3C)C(N3CCN(C(C)=O)CC3)C(C)(C)O4)CC2)cc1. The first-order valence-electron chi connectivity index (χ1n) is 13.6. The van der Waals surface area contributed by atoms with E-state index in [0.717, 1.165) is 63.9 Å². The fourth-order valence-electron chi connectivity index (χ4n) is 6.63. The normalized spacial score (nSPS) is 21.6. The molecule has 0 spiro atoms. The van der Waals surface area contributed by atoms with Gasteiger partial charge in [-0.3, -0.25) is 9.69 Å². The number of benzene rings is 2. The van der Waals surface area contributed by atoms with Gasteiger partial charge in [0.25, 0.3) is 0 Å². The van der Waals surface area contributed by atoms with Crippen LogP contribution in [0, 0.1) is 20.8 Å². The van der Waals surface area contributed by atoms with E-state index in [9.17, 15) is 4.79 Å². The summed E-state index contributed by atoms with van der Waals surface area (Å²) in [6.07, 6.45) is 0. The topological polar surface area (TPSA) is 48.5 Å². The van der Waals surface area contributed by atoms with Crippen molar-refractivity contribution in [3.05, 3.63) is 46.5 Å². The van der Waals surface area contributed by atoms with Crippen molar-refractivity contribution >= 4 is 17.3 Å². The molecular weight excluding hydrogens is 464 g/mol. The third-order valence-corrected chi connectivity index (χ3v) is 8.72. The minimum absolute atomic E-state index is 0.167. The average Bonchev–Trinajstić information content (AvgIpc) is 3.19. The Bertz CT molecular complexity index is 1160. The minimum Gasteiger partial charge on any atom is -0.497 e. The summed E-state index contributed by atoms with van der Waals surface area (Å²) in [5.41, 5.74) is 7.57. The number of hydrogen-bond donors (Lipinski definition) is 0. The van der Waals surface area contributed by atoms with Crippen molar-refractivity contribution in [1.29, 1.82) is 0 Å². The molecule has 0 N–H and O–H groups in total. The maximum Gasteiger partial charge on any atom is 0.219 e. The summed E-state index contributed by atoms with van der Waals surface area (Å²) >= 11 is 0. The van der Waals surface area contributed by atoms with Crippen molar-refractivity contribution in [3.8, 4) is 11.5 Å². The highest BCUT2D eigenvalue weighted by Crippen LogP contribution is 2.53. The molecular formula is C30H42N4O3. The van der Waals surface area contributed by atoms with Crippen LogP contribution in [-0.4, -0.2) is 80.8 Å². The number of fused-ring (bicyclic) bond motifs is 1. The van der Waals surface area contributed by atoms with E-state index < -0.39 is 0 Å². The van der Waals surface area contributed by atoms with Crippen molar-refractivity contribution in [3.63, 3.8) is 0 Å². The summed E-state index contributed by atoms with van der Waals surface area (Å²) in [6, 6.07) is 8.56. The predicted molar refractivity (Wildman–Crippen MR) is 149 cm³/mol. The lowest BCUT2D eigenvalue weighted by Crippen LogP contribution is -2.52. The van der Waals surface area contributed by atoms with Crippen molar-refractivity contribution < 1.29 is 14.3 Å². The molecule has 5 rings (SSSR count). The first kappa shape index (κ1) is 25.7. The van der Waals surface area contributed by atoms with Crippen molar-refractivity contribution in [1.82, 2.24) is 9.80 Å². The standard InChI is InChI=1S/C30H42N4O3/c1-20-21(2)28-26(29(30(5,6)37-28)34-18-12-31(13-19-34)23(4)35)22(3)27(20)33-16-14-32(15-17-33)24-8-10-25(36-7)11-9-24/h8-11,29H,12-19H2,1-7H3. The Morgan fingerprint density at radius 1 is 0.865 bits per heavy atom. The van der Waals surface area contributed by atoms with E-state index in [1.54, 1.807) is 14.0 Å². The molecule has 1 unspecified atom stereocenters. The van der Waals surface area contributed by atoms with Gasteiger partial charge in [0.05, 0.1) is 13.2 Å². The maximum atomic E-state index is 11.9. The lowest BCUT2D eigenvalue weighted by molar-refractivity contribution is -0.131. The summed E-state index contributed by atoms with van der Waals surface area (Å²) in [5.74, 6) is 2.13. The second-order valence-corrected chi connectivity index (χ2v) is 11.3. The zero-order valence-electron chi connectivity index (χ0n) is 23.6. The number of methoxy groups -OCH3 is 1. The number of amides is 1. The predicted octanol–water partition coefficient (Wildman–Crippen LogP) is 4.32. The first-order valence-corrected chi connectivity index (χ1v) is 13.6. The molecule has 0 radical (unpaired) electrons. The maximum absolute atomic E-state index is 11.9. The second kappa shape index (κ2) is 9.75. The van der Waals surface area contributed by atoms with Gasteiger partial charge in [-0.05, 0) is 75.6 Å². The minimum atomic E-state index is -0.325. The first-order chi connectivity index (χ1) is 17.6. The van der Waals surface area contributed by atoms with E-state index in [-0.39, 0.29) is 17.6 Å². The van der Waals surface area contributed by atoms with E-state index in [0.29, 0.717) is 0 Å². The Morgan fingerprint density at radius 2 is 1.46 bits per heavy atom. The van der Waals surface area contributed by atoms with Gasteiger partial charge in [0, 0.05) is 76.2 Å². The molecule has 3 aliphatic heterocycles. The van der Waals surface area contributed by atoms with E-state index in [1.807, 2.05) is 17.0 Å².